The summed E-state index contributed by atoms with van der Waals surface area (Å²) in [4.78, 5) is 18.2. The first-order chi connectivity index (χ1) is 17.4. The molecule has 1 atom stereocenters. The van der Waals surface area contributed by atoms with Crippen LogP contribution in [-0.2, 0) is 21.3 Å². The molecule has 2 heterocycles. The van der Waals surface area contributed by atoms with Crippen molar-refractivity contribution in [2.24, 2.45) is 4.99 Å². The molecule has 0 aliphatic carbocycles. The average Bonchev–Trinajstić information content (AvgIpc) is 3.25. The highest BCUT2D eigenvalue weighted by Crippen LogP contribution is 2.28. The number of nitrogens with zero attached hydrogens (tertiary/aromatic N) is 3. The van der Waals surface area contributed by atoms with E-state index in [1.165, 1.54) is 23.5 Å². The molecule has 1 fully saturated rings. The first-order valence-electron chi connectivity index (χ1n) is 12.4. The van der Waals surface area contributed by atoms with E-state index in [0.29, 0.717) is 42.4 Å². The average molecular weight is 532 g/mol. The third kappa shape index (κ3) is 5.41. The van der Waals surface area contributed by atoms with Crippen LogP contribution in [0.2, 0.25) is 0 Å². The standard InChI is InChI=1S/C26H33N3O5S2/c1-4-20-9-6-7-16-29(20)36(31,32)21-14-12-19(13-15-21)25(30)27-26-28(17-18-34-5-2)24-22(33-3)10-8-11-23(24)35-26/h8,10-15,20H,4-7,9,16-18H2,1-3H3. The molecule has 1 aliphatic rings. The summed E-state index contributed by atoms with van der Waals surface area (Å²) in [5.74, 6) is 0.269. The largest absolute Gasteiger partial charge is 0.495 e. The highest BCUT2D eigenvalue weighted by Gasteiger charge is 2.32. The quantitative estimate of drug-likeness (QED) is 0.381. The number of amides is 1. The number of methoxy groups -OCH3 is 1. The number of hydrogen-bond acceptors (Lipinski definition) is 6. The number of hydrogen-bond donors (Lipinski definition) is 0. The fourth-order valence-electron chi connectivity index (χ4n) is 4.61. The number of piperidine rings is 1. The van der Waals surface area contributed by atoms with Crippen molar-refractivity contribution in [3.8, 4) is 5.75 Å². The van der Waals surface area contributed by atoms with Crippen LogP contribution in [0.25, 0.3) is 10.2 Å². The summed E-state index contributed by atoms with van der Waals surface area (Å²) < 4.78 is 42.1. The van der Waals surface area contributed by atoms with E-state index >= 15 is 0 Å². The lowest BCUT2D eigenvalue weighted by Gasteiger charge is -2.34. The van der Waals surface area contributed by atoms with Crippen LogP contribution in [0.5, 0.6) is 5.75 Å². The number of carbonyl (C=O) groups excluding carboxylic acids is 1. The topological polar surface area (TPSA) is 90.2 Å². The molecule has 1 amide bonds. The molecule has 0 radical (unpaired) electrons. The molecule has 3 aromatic rings. The van der Waals surface area contributed by atoms with E-state index in [0.717, 1.165) is 35.9 Å². The number of sulfonamides is 1. The van der Waals surface area contributed by atoms with Gasteiger partial charge in [-0.3, -0.25) is 4.79 Å². The maximum Gasteiger partial charge on any atom is 0.279 e. The highest BCUT2D eigenvalue weighted by atomic mass is 32.2. The van der Waals surface area contributed by atoms with Gasteiger partial charge in [0.2, 0.25) is 10.0 Å². The predicted octanol–water partition coefficient (Wildman–Crippen LogP) is 4.44. The van der Waals surface area contributed by atoms with Crippen molar-refractivity contribution < 1.29 is 22.7 Å². The number of aromatic nitrogens is 1. The van der Waals surface area contributed by atoms with Gasteiger partial charge in [-0.15, -0.1) is 0 Å². The molecule has 1 unspecified atom stereocenters. The Labute approximate surface area is 216 Å². The number of rotatable bonds is 9. The fraction of sp³-hybridized carbons (Fsp3) is 0.462. The fourth-order valence-corrected chi connectivity index (χ4v) is 7.45. The Morgan fingerprint density at radius 3 is 2.61 bits per heavy atom. The van der Waals surface area contributed by atoms with E-state index in [2.05, 4.69) is 4.99 Å². The van der Waals surface area contributed by atoms with Gasteiger partial charge in [-0.25, -0.2) is 8.42 Å². The predicted molar refractivity (Wildman–Crippen MR) is 141 cm³/mol. The summed E-state index contributed by atoms with van der Waals surface area (Å²) in [6.45, 7) is 6.08. The number of ether oxygens (including phenoxy) is 2. The summed E-state index contributed by atoms with van der Waals surface area (Å²) in [6.07, 6.45) is 3.59. The molecule has 0 saturated carbocycles. The van der Waals surface area contributed by atoms with E-state index in [1.54, 1.807) is 23.5 Å². The maximum absolute atomic E-state index is 13.3. The van der Waals surface area contributed by atoms with Crippen LogP contribution >= 0.6 is 11.3 Å². The molecule has 10 heteroatoms. The van der Waals surface area contributed by atoms with Gasteiger partial charge >= 0.3 is 0 Å². The molecule has 4 rings (SSSR count). The molecular weight excluding hydrogens is 498 g/mol. The molecule has 1 saturated heterocycles. The number of para-hydroxylation sites is 1. The molecule has 36 heavy (non-hydrogen) atoms. The van der Waals surface area contributed by atoms with E-state index in [1.807, 2.05) is 36.6 Å². The minimum atomic E-state index is -3.61. The van der Waals surface area contributed by atoms with Crippen LogP contribution in [-0.4, -0.2) is 56.1 Å². The number of fused-ring (bicyclic) bond motifs is 1. The second-order valence-corrected chi connectivity index (χ2v) is 11.6. The molecule has 0 bridgehead atoms. The Balaban J connectivity index is 1.65. The molecule has 0 N–H and O–H groups in total. The molecular formula is C26H33N3O5S2. The normalized spacial score (nSPS) is 17.5. The first-order valence-corrected chi connectivity index (χ1v) is 14.6. The monoisotopic (exact) mass is 531 g/mol. The van der Waals surface area contributed by atoms with Gasteiger partial charge in [-0.2, -0.15) is 9.30 Å². The molecule has 1 aromatic heterocycles. The lowest BCUT2D eigenvalue weighted by Crippen LogP contribution is -2.43. The number of benzene rings is 2. The minimum absolute atomic E-state index is 0.0251. The van der Waals surface area contributed by atoms with Gasteiger partial charge in [-0.05, 0) is 62.6 Å². The van der Waals surface area contributed by atoms with Gasteiger partial charge < -0.3 is 14.0 Å². The Kier molecular flexibility index (Phi) is 8.61. The van der Waals surface area contributed by atoms with Crippen LogP contribution in [0.4, 0.5) is 0 Å². The van der Waals surface area contributed by atoms with Crippen LogP contribution in [0.3, 0.4) is 0 Å². The summed E-state index contributed by atoms with van der Waals surface area (Å²) in [5.41, 5.74) is 1.20. The van der Waals surface area contributed by atoms with E-state index in [4.69, 9.17) is 9.47 Å². The first kappa shape index (κ1) is 26.5. The Morgan fingerprint density at radius 2 is 1.92 bits per heavy atom. The summed E-state index contributed by atoms with van der Waals surface area (Å²) in [7, 11) is -1.99. The van der Waals surface area contributed by atoms with Gasteiger partial charge in [0.25, 0.3) is 5.91 Å². The molecule has 8 nitrogen and oxygen atoms in total. The van der Waals surface area contributed by atoms with Crippen LogP contribution in [0.15, 0.2) is 52.4 Å². The van der Waals surface area contributed by atoms with Crippen molar-refractivity contribution >= 4 is 37.5 Å². The van der Waals surface area contributed by atoms with Crippen molar-refractivity contribution in [3.05, 3.63) is 52.8 Å². The number of carbonyl (C=O) groups is 1. The zero-order chi connectivity index (χ0) is 25.7. The third-order valence-corrected chi connectivity index (χ3v) is 9.51. The molecule has 2 aromatic carbocycles. The van der Waals surface area contributed by atoms with Crippen molar-refractivity contribution in [3.63, 3.8) is 0 Å². The van der Waals surface area contributed by atoms with Gasteiger partial charge in [0, 0.05) is 31.3 Å². The zero-order valence-electron chi connectivity index (χ0n) is 21.0. The van der Waals surface area contributed by atoms with Crippen LogP contribution in [0, 0.1) is 0 Å². The number of thiazole rings is 1. The minimum Gasteiger partial charge on any atom is -0.495 e. The van der Waals surface area contributed by atoms with E-state index < -0.39 is 15.9 Å². The van der Waals surface area contributed by atoms with Crippen molar-refractivity contribution in [1.29, 1.82) is 0 Å². The van der Waals surface area contributed by atoms with Crippen LogP contribution in [0.1, 0.15) is 49.9 Å². The van der Waals surface area contributed by atoms with Crippen molar-refractivity contribution in [2.45, 2.75) is 57.0 Å². The third-order valence-electron chi connectivity index (χ3n) is 6.50. The van der Waals surface area contributed by atoms with Gasteiger partial charge in [0.15, 0.2) is 4.80 Å². The van der Waals surface area contributed by atoms with Crippen molar-refractivity contribution in [2.75, 3.05) is 26.9 Å². The Morgan fingerprint density at radius 1 is 1.14 bits per heavy atom. The SMILES string of the molecule is CCOCCn1c(=NC(=O)c2ccc(S(=O)(=O)N3CCCCC3CC)cc2)sc2cccc(OC)c21. The highest BCUT2D eigenvalue weighted by molar-refractivity contribution is 7.89. The van der Waals surface area contributed by atoms with Crippen LogP contribution < -0.4 is 9.54 Å². The smallest absolute Gasteiger partial charge is 0.279 e. The summed E-state index contributed by atoms with van der Waals surface area (Å²) in [6, 6.07) is 11.9. The van der Waals surface area contributed by atoms with E-state index in [9.17, 15) is 13.2 Å². The van der Waals surface area contributed by atoms with Crippen molar-refractivity contribution in [1.82, 2.24) is 8.87 Å². The second-order valence-electron chi connectivity index (χ2n) is 8.66. The molecule has 1 aliphatic heterocycles. The molecule has 194 valence electrons. The van der Waals surface area contributed by atoms with Gasteiger partial charge in [0.05, 0.1) is 23.3 Å². The summed E-state index contributed by atoms with van der Waals surface area (Å²) in [5, 5.41) is 0. The Hall–Kier alpha value is -2.53. The van der Waals surface area contributed by atoms with Gasteiger partial charge in [0.1, 0.15) is 11.3 Å². The van der Waals surface area contributed by atoms with E-state index in [-0.39, 0.29) is 10.9 Å². The maximum atomic E-state index is 13.3. The zero-order valence-corrected chi connectivity index (χ0v) is 22.6. The Bertz CT molecular complexity index is 1380. The summed E-state index contributed by atoms with van der Waals surface area (Å²) >= 11 is 1.40. The lowest BCUT2D eigenvalue weighted by molar-refractivity contribution is 0.0996. The van der Waals surface area contributed by atoms with Gasteiger partial charge in [-0.1, -0.05) is 30.7 Å². The molecule has 0 spiro atoms. The lowest BCUT2D eigenvalue weighted by atomic mass is 10.0. The second kappa shape index (κ2) is 11.7.